The number of carbonyl (C=O) groups is 1. The maximum Gasteiger partial charge on any atom is 0.265 e. The lowest BCUT2D eigenvalue weighted by molar-refractivity contribution is -0.122. The number of anilines is 1. The average Bonchev–Trinajstić information content (AvgIpc) is 2.62. The molecule has 2 aromatic rings. The van der Waals surface area contributed by atoms with Gasteiger partial charge in [-0.3, -0.25) is 4.79 Å². The van der Waals surface area contributed by atoms with Crippen molar-refractivity contribution >= 4 is 11.6 Å². The third-order valence-electron chi connectivity index (χ3n) is 4.15. The Labute approximate surface area is 148 Å². The van der Waals surface area contributed by atoms with Gasteiger partial charge in [-0.25, -0.2) is 0 Å². The molecule has 0 aromatic heterocycles. The number of hydrogen-bond donors (Lipinski definition) is 1. The molecule has 0 radical (unpaired) electrons. The second-order valence-corrected chi connectivity index (χ2v) is 5.77. The van der Waals surface area contributed by atoms with Crippen molar-refractivity contribution in [3.05, 3.63) is 47.5 Å². The zero-order valence-corrected chi connectivity index (χ0v) is 15.4. The summed E-state index contributed by atoms with van der Waals surface area (Å²) in [7, 11) is 3.13. The number of nitrogens with one attached hydrogen (secondary N) is 1. The van der Waals surface area contributed by atoms with Crippen LogP contribution >= 0.6 is 0 Å². The smallest absolute Gasteiger partial charge is 0.265 e. The van der Waals surface area contributed by atoms with Crippen molar-refractivity contribution in [2.45, 2.75) is 33.3 Å². The van der Waals surface area contributed by atoms with Crippen LogP contribution in [-0.4, -0.2) is 26.2 Å². The minimum atomic E-state index is -0.601. The molecule has 1 amide bonds. The van der Waals surface area contributed by atoms with Gasteiger partial charge in [-0.05, 0) is 49.6 Å². The van der Waals surface area contributed by atoms with Gasteiger partial charge in [0.2, 0.25) is 0 Å². The topological polar surface area (TPSA) is 56.8 Å². The Morgan fingerprint density at radius 3 is 2.48 bits per heavy atom. The fraction of sp³-hybridized carbons (Fsp3) is 0.350. The van der Waals surface area contributed by atoms with Crippen LogP contribution in [0.15, 0.2) is 36.4 Å². The van der Waals surface area contributed by atoms with E-state index in [2.05, 4.69) is 5.32 Å². The molecule has 2 aromatic carbocycles. The SMILES string of the molecule is CC[C@H](Oc1cccc(C)c1C)C(=O)Nc1cc(OC)ccc1OC. The lowest BCUT2D eigenvalue weighted by Gasteiger charge is -2.20. The van der Waals surface area contributed by atoms with Crippen molar-refractivity contribution < 1.29 is 19.0 Å². The predicted molar refractivity (Wildman–Crippen MR) is 98.8 cm³/mol. The molecule has 134 valence electrons. The minimum Gasteiger partial charge on any atom is -0.497 e. The number of methoxy groups -OCH3 is 2. The Morgan fingerprint density at radius 2 is 1.84 bits per heavy atom. The van der Waals surface area contributed by atoms with Gasteiger partial charge in [0.1, 0.15) is 17.2 Å². The van der Waals surface area contributed by atoms with E-state index < -0.39 is 6.10 Å². The summed E-state index contributed by atoms with van der Waals surface area (Å²) in [4.78, 5) is 12.7. The van der Waals surface area contributed by atoms with Gasteiger partial charge < -0.3 is 19.5 Å². The Morgan fingerprint density at radius 1 is 1.08 bits per heavy atom. The Hall–Kier alpha value is -2.69. The van der Waals surface area contributed by atoms with Crippen LogP contribution in [0.5, 0.6) is 17.2 Å². The van der Waals surface area contributed by atoms with Crippen LogP contribution in [0.2, 0.25) is 0 Å². The summed E-state index contributed by atoms with van der Waals surface area (Å²) in [6.07, 6.45) is -0.0534. The number of hydrogen-bond acceptors (Lipinski definition) is 4. The van der Waals surface area contributed by atoms with Crippen LogP contribution in [0.25, 0.3) is 0 Å². The number of benzene rings is 2. The molecule has 0 saturated carbocycles. The van der Waals surface area contributed by atoms with Crippen LogP contribution in [0.4, 0.5) is 5.69 Å². The van der Waals surface area contributed by atoms with Gasteiger partial charge >= 0.3 is 0 Å². The van der Waals surface area contributed by atoms with E-state index in [0.29, 0.717) is 23.6 Å². The highest BCUT2D eigenvalue weighted by Gasteiger charge is 2.21. The molecular formula is C20H25NO4. The molecule has 0 aliphatic heterocycles. The first-order valence-corrected chi connectivity index (χ1v) is 8.25. The minimum absolute atomic E-state index is 0.227. The molecule has 1 N–H and O–H groups in total. The quantitative estimate of drug-likeness (QED) is 0.822. The highest BCUT2D eigenvalue weighted by Crippen LogP contribution is 2.29. The first-order valence-electron chi connectivity index (χ1n) is 8.25. The second kappa shape index (κ2) is 8.42. The van der Waals surface area contributed by atoms with Crippen molar-refractivity contribution in [2.75, 3.05) is 19.5 Å². The maximum absolute atomic E-state index is 12.7. The van der Waals surface area contributed by atoms with Gasteiger partial charge in [0.05, 0.1) is 19.9 Å². The first-order chi connectivity index (χ1) is 12.0. The standard InChI is InChI=1S/C20H25NO4/c1-6-17(25-18-9-7-8-13(2)14(18)3)20(22)21-16-12-15(23-4)10-11-19(16)24-5/h7-12,17H,6H2,1-5H3,(H,21,22)/t17-/m0/s1. The van der Waals surface area contributed by atoms with Gasteiger partial charge in [-0.2, -0.15) is 0 Å². The summed E-state index contributed by atoms with van der Waals surface area (Å²) in [5.74, 6) is 1.70. The van der Waals surface area contributed by atoms with Crippen molar-refractivity contribution in [2.24, 2.45) is 0 Å². The zero-order chi connectivity index (χ0) is 18.4. The van der Waals surface area contributed by atoms with Crippen molar-refractivity contribution in [1.82, 2.24) is 0 Å². The second-order valence-electron chi connectivity index (χ2n) is 5.77. The molecule has 0 unspecified atom stereocenters. The summed E-state index contributed by atoms with van der Waals surface area (Å²) in [5.41, 5.74) is 2.71. The van der Waals surface area contributed by atoms with E-state index in [1.165, 1.54) is 0 Å². The summed E-state index contributed by atoms with van der Waals surface area (Å²) in [5, 5.41) is 2.87. The van der Waals surface area contributed by atoms with E-state index in [4.69, 9.17) is 14.2 Å². The molecule has 5 nitrogen and oxygen atoms in total. The van der Waals surface area contributed by atoms with Gasteiger partial charge in [-0.1, -0.05) is 19.1 Å². The van der Waals surface area contributed by atoms with Crippen LogP contribution in [0.1, 0.15) is 24.5 Å². The van der Waals surface area contributed by atoms with Crippen LogP contribution in [-0.2, 0) is 4.79 Å². The average molecular weight is 343 g/mol. The number of carbonyl (C=O) groups excluding carboxylic acids is 1. The summed E-state index contributed by atoms with van der Waals surface area (Å²) >= 11 is 0. The number of ether oxygens (including phenoxy) is 3. The van der Waals surface area contributed by atoms with E-state index in [-0.39, 0.29) is 5.91 Å². The van der Waals surface area contributed by atoms with Gasteiger partial charge in [0.15, 0.2) is 6.10 Å². The molecule has 0 fully saturated rings. The number of aryl methyl sites for hydroxylation is 1. The summed E-state index contributed by atoms with van der Waals surface area (Å²) in [6, 6.07) is 11.1. The van der Waals surface area contributed by atoms with Crippen molar-refractivity contribution in [1.29, 1.82) is 0 Å². The lowest BCUT2D eigenvalue weighted by atomic mass is 10.1. The van der Waals surface area contributed by atoms with E-state index in [0.717, 1.165) is 16.9 Å². The number of rotatable bonds is 7. The van der Waals surface area contributed by atoms with Crippen molar-refractivity contribution in [3.8, 4) is 17.2 Å². The Balaban J connectivity index is 2.19. The predicted octanol–water partition coefficient (Wildman–Crippen LogP) is 4.12. The van der Waals surface area contributed by atoms with E-state index in [9.17, 15) is 4.79 Å². The van der Waals surface area contributed by atoms with Gasteiger partial charge in [0, 0.05) is 6.07 Å². The molecule has 0 heterocycles. The fourth-order valence-electron chi connectivity index (χ4n) is 2.45. The molecular weight excluding hydrogens is 318 g/mol. The molecule has 25 heavy (non-hydrogen) atoms. The molecule has 0 saturated heterocycles. The van der Waals surface area contributed by atoms with Crippen LogP contribution in [0.3, 0.4) is 0 Å². The first kappa shape index (κ1) is 18.6. The molecule has 0 bridgehead atoms. The lowest BCUT2D eigenvalue weighted by Crippen LogP contribution is -2.32. The Bertz CT molecular complexity index is 742. The van der Waals surface area contributed by atoms with E-state index >= 15 is 0 Å². The molecule has 0 aliphatic rings. The normalized spacial score (nSPS) is 11.6. The third-order valence-corrected chi connectivity index (χ3v) is 4.15. The molecule has 5 heteroatoms. The maximum atomic E-state index is 12.7. The van der Waals surface area contributed by atoms with E-state index in [1.807, 2.05) is 39.0 Å². The fourth-order valence-corrected chi connectivity index (χ4v) is 2.45. The van der Waals surface area contributed by atoms with E-state index in [1.54, 1.807) is 32.4 Å². The Kier molecular flexibility index (Phi) is 6.28. The summed E-state index contributed by atoms with van der Waals surface area (Å²) in [6.45, 7) is 5.92. The highest BCUT2D eigenvalue weighted by atomic mass is 16.5. The summed E-state index contributed by atoms with van der Waals surface area (Å²) < 4.78 is 16.5. The highest BCUT2D eigenvalue weighted by molar-refractivity contribution is 5.95. The monoisotopic (exact) mass is 343 g/mol. The van der Waals surface area contributed by atoms with Crippen LogP contribution < -0.4 is 19.5 Å². The van der Waals surface area contributed by atoms with Gasteiger partial charge in [0.25, 0.3) is 5.91 Å². The van der Waals surface area contributed by atoms with Crippen LogP contribution in [0, 0.1) is 13.8 Å². The number of amides is 1. The zero-order valence-electron chi connectivity index (χ0n) is 15.4. The van der Waals surface area contributed by atoms with Gasteiger partial charge in [-0.15, -0.1) is 0 Å². The molecule has 0 spiro atoms. The molecule has 0 aliphatic carbocycles. The largest absolute Gasteiger partial charge is 0.497 e. The molecule has 1 atom stereocenters. The molecule has 2 rings (SSSR count). The third kappa shape index (κ3) is 4.44. The van der Waals surface area contributed by atoms with Crippen molar-refractivity contribution in [3.63, 3.8) is 0 Å².